The first kappa shape index (κ1) is 11.9. The highest BCUT2D eigenvalue weighted by atomic mass is 32.1. The van der Waals surface area contributed by atoms with Crippen molar-refractivity contribution in [3.05, 3.63) is 51.7 Å². The summed E-state index contributed by atoms with van der Waals surface area (Å²) in [5.74, 6) is 0.959. The molecule has 0 atom stereocenters. The highest BCUT2D eigenvalue weighted by molar-refractivity contribution is 7.12. The highest BCUT2D eigenvalue weighted by Crippen LogP contribution is 2.20. The SMILES string of the molecule is COc1ccc(C)c(CC(=O)c2cccs2)c1. The first-order valence-electron chi connectivity index (χ1n) is 5.41. The first-order chi connectivity index (χ1) is 8.20. The topological polar surface area (TPSA) is 26.3 Å². The number of methoxy groups -OCH3 is 1. The smallest absolute Gasteiger partial charge is 0.177 e. The Bertz CT molecular complexity index is 515. The van der Waals surface area contributed by atoms with Crippen molar-refractivity contribution in [1.29, 1.82) is 0 Å². The normalized spacial score (nSPS) is 10.2. The molecular weight excluding hydrogens is 232 g/mol. The van der Waals surface area contributed by atoms with Gasteiger partial charge in [-0.25, -0.2) is 0 Å². The van der Waals surface area contributed by atoms with Gasteiger partial charge < -0.3 is 4.74 Å². The molecule has 17 heavy (non-hydrogen) atoms. The van der Waals surface area contributed by atoms with Crippen LogP contribution in [0.1, 0.15) is 20.8 Å². The molecule has 0 saturated heterocycles. The third-order valence-corrected chi connectivity index (χ3v) is 3.61. The minimum atomic E-state index is 0.163. The van der Waals surface area contributed by atoms with Gasteiger partial charge in [0.05, 0.1) is 12.0 Å². The predicted octanol–water partition coefficient (Wildman–Crippen LogP) is 3.49. The summed E-state index contributed by atoms with van der Waals surface area (Å²) in [4.78, 5) is 12.8. The van der Waals surface area contributed by atoms with Crippen LogP contribution in [0, 0.1) is 6.92 Å². The fourth-order valence-electron chi connectivity index (χ4n) is 1.66. The largest absolute Gasteiger partial charge is 0.497 e. The quantitative estimate of drug-likeness (QED) is 0.772. The van der Waals surface area contributed by atoms with E-state index in [1.165, 1.54) is 11.3 Å². The Morgan fingerprint density at radius 2 is 2.18 bits per heavy atom. The number of carbonyl (C=O) groups excluding carboxylic acids is 1. The van der Waals surface area contributed by atoms with E-state index >= 15 is 0 Å². The molecule has 0 fully saturated rings. The molecule has 0 aliphatic carbocycles. The molecule has 0 bridgehead atoms. The van der Waals surface area contributed by atoms with E-state index < -0.39 is 0 Å². The summed E-state index contributed by atoms with van der Waals surface area (Å²) in [6.07, 6.45) is 0.434. The molecule has 0 saturated carbocycles. The van der Waals surface area contributed by atoms with E-state index in [9.17, 15) is 4.79 Å². The van der Waals surface area contributed by atoms with E-state index in [1.807, 2.05) is 42.6 Å². The summed E-state index contributed by atoms with van der Waals surface area (Å²) >= 11 is 1.49. The van der Waals surface area contributed by atoms with Crippen molar-refractivity contribution < 1.29 is 9.53 Å². The second-order valence-electron chi connectivity index (χ2n) is 3.87. The average Bonchev–Trinajstić information content (AvgIpc) is 2.85. The number of Topliss-reactive ketones (excluding diaryl/α,β-unsaturated/α-hetero) is 1. The van der Waals surface area contributed by atoms with E-state index in [2.05, 4.69) is 0 Å². The van der Waals surface area contributed by atoms with Crippen LogP contribution in [0.3, 0.4) is 0 Å². The monoisotopic (exact) mass is 246 g/mol. The second-order valence-corrected chi connectivity index (χ2v) is 4.82. The van der Waals surface area contributed by atoms with Gasteiger partial charge in [0.2, 0.25) is 0 Å². The zero-order valence-electron chi connectivity index (χ0n) is 9.90. The molecule has 0 aliphatic rings. The third kappa shape index (κ3) is 2.74. The van der Waals surface area contributed by atoms with Crippen molar-refractivity contribution in [3.63, 3.8) is 0 Å². The number of thiophene rings is 1. The number of ether oxygens (including phenoxy) is 1. The lowest BCUT2D eigenvalue weighted by Gasteiger charge is -2.07. The van der Waals surface area contributed by atoms with Gasteiger partial charge in [-0.15, -0.1) is 11.3 Å². The Hall–Kier alpha value is -1.61. The van der Waals surface area contributed by atoms with Crippen molar-refractivity contribution in [2.75, 3.05) is 7.11 Å². The Kier molecular flexibility index (Phi) is 3.59. The second kappa shape index (κ2) is 5.15. The van der Waals surface area contributed by atoms with Gasteiger partial charge in [0.1, 0.15) is 5.75 Å². The summed E-state index contributed by atoms with van der Waals surface area (Å²) in [6, 6.07) is 9.59. The molecule has 0 radical (unpaired) electrons. The zero-order valence-corrected chi connectivity index (χ0v) is 10.7. The van der Waals surface area contributed by atoms with Crippen LogP contribution in [0.15, 0.2) is 35.7 Å². The number of aryl methyl sites for hydroxylation is 1. The van der Waals surface area contributed by atoms with E-state index in [0.29, 0.717) is 6.42 Å². The van der Waals surface area contributed by atoms with Crippen LogP contribution in [0.4, 0.5) is 0 Å². The molecule has 2 nitrogen and oxygen atoms in total. The molecular formula is C14H14O2S. The van der Waals surface area contributed by atoms with Gasteiger partial charge in [0, 0.05) is 6.42 Å². The van der Waals surface area contributed by atoms with Crippen molar-refractivity contribution >= 4 is 17.1 Å². The summed E-state index contributed by atoms with van der Waals surface area (Å²) in [7, 11) is 1.63. The average molecular weight is 246 g/mol. The van der Waals surface area contributed by atoms with Gasteiger partial charge in [-0.1, -0.05) is 12.1 Å². The molecule has 1 heterocycles. The van der Waals surface area contributed by atoms with Gasteiger partial charge in [-0.05, 0) is 41.6 Å². The molecule has 0 aliphatic heterocycles. The van der Waals surface area contributed by atoms with Crippen LogP contribution >= 0.6 is 11.3 Å². The maximum Gasteiger partial charge on any atom is 0.177 e. The molecule has 0 N–H and O–H groups in total. The molecule has 3 heteroatoms. The van der Waals surface area contributed by atoms with Gasteiger partial charge in [0.25, 0.3) is 0 Å². The van der Waals surface area contributed by atoms with Crippen LogP contribution in [0.5, 0.6) is 5.75 Å². The number of carbonyl (C=O) groups is 1. The number of benzene rings is 1. The van der Waals surface area contributed by atoms with Crippen molar-refractivity contribution in [1.82, 2.24) is 0 Å². The fraction of sp³-hybridized carbons (Fsp3) is 0.214. The van der Waals surface area contributed by atoms with Gasteiger partial charge in [-0.3, -0.25) is 4.79 Å². The fourth-order valence-corrected chi connectivity index (χ4v) is 2.33. The van der Waals surface area contributed by atoms with Gasteiger partial charge in [-0.2, -0.15) is 0 Å². The zero-order chi connectivity index (χ0) is 12.3. The Morgan fingerprint density at radius 1 is 1.35 bits per heavy atom. The van der Waals surface area contributed by atoms with E-state index in [1.54, 1.807) is 7.11 Å². The molecule has 0 unspecified atom stereocenters. The molecule has 0 amide bonds. The van der Waals surface area contributed by atoms with Gasteiger partial charge >= 0.3 is 0 Å². The van der Waals surface area contributed by atoms with Gasteiger partial charge in [0.15, 0.2) is 5.78 Å². The molecule has 2 rings (SSSR count). The van der Waals surface area contributed by atoms with Crippen molar-refractivity contribution in [2.24, 2.45) is 0 Å². The third-order valence-electron chi connectivity index (χ3n) is 2.70. The van der Waals surface area contributed by atoms with E-state index in [4.69, 9.17) is 4.74 Å². The number of rotatable bonds is 4. The number of ketones is 1. The van der Waals surface area contributed by atoms with Crippen LogP contribution in [-0.2, 0) is 6.42 Å². The number of hydrogen-bond acceptors (Lipinski definition) is 3. The molecule has 88 valence electrons. The number of hydrogen-bond donors (Lipinski definition) is 0. The van der Waals surface area contributed by atoms with Crippen LogP contribution < -0.4 is 4.74 Å². The molecule has 2 aromatic rings. The van der Waals surface area contributed by atoms with E-state index in [-0.39, 0.29) is 5.78 Å². The van der Waals surface area contributed by atoms with Crippen LogP contribution in [0.25, 0.3) is 0 Å². The van der Waals surface area contributed by atoms with Crippen molar-refractivity contribution in [2.45, 2.75) is 13.3 Å². The summed E-state index contributed by atoms with van der Waals surface area (Å²) in [5.41, 5.74) is 2.15. The first-order valence-corrected chi connectivity index (χ1v) is 6.29. The minimum absolute atomic E-state index is 0.163. The van der Waals surface area contributed by atoms with Crippen molar-refractivity contribution in [3.8, 4) is 5.75 Å². The molecule has 1 aromatic heterocycles. The maximum atomic E-state index is 12.0. The summed E-state index contributed by atoms with van der Waals surface area (Å²) in [6.45, 7) is 2.01. The lowest BCUT2D eigenvalue weighted by atomic mass is 10.0. The summed E-state index contributed by atoms with van der Waals surface area (Å²) < 4.78 is 5.17. The summed E-state index contributed by atoms with van der Waals surface area (Å²) in [5, 5.41) is 1.92. The Labute approximate surface area is 105 Å². The standard InChI is InChI=1S/C14H14O2S/c1-10-5-6-12(16-2)8-11(10)9-13(15)14-4-3-7-17-14/h3-8H,9H2,1-2H3. The van der Waals surface area contributed by atoms with E-state index in [0.717, 1.165) is 21.8 Å². The Balaban J connectivity index is 2.21. The molecule has 0 spiro atoms. The highest BCUT2D eigenvalue weighted by Gasteiger charge is 2.10. The lowest BCUT2D eigenvalue weighted by molar-refractivity contribution is 0.0996. The Morgan fingerprint density at radius 3 is 2.82 bits per heavy atom. The van der Waals surface area contributed by atoms with Crippen LogP contribution in [-0.4, -0.2) is 12.9 Å². The minimum Gasteiger partial charge on any atom is -0.497 e. The maximum absolute atomic E-state index is 12.0. The lowest BCUT2D eigenvalue weighted by Crippen LogP contribution is -2.03. The molecule has 1 aromatic carbocycles. The van der Waals surface area contributed by atoms with Crippen LogP contribution in [0.2, 0.25) is 0 Å². The predicted molar refractivity (Wildman–Crippen MR) is 70.1 cm³/mol.